The van der Waals surface area contributed by atoms with Crippen molar-refractivity contribution in [3.8, 4) is 0 Å². The van der Waals surface area contributed by atoms with Crippen LogP contribution in [0.5, 0.6) is 0 Å². The SMILES string of the molecule is CCN(CC1CCCO1)c1ccc(C(=O)O)cc1F. The molecule has 0 aliphatic carbocycles. The van der Waals surface area contributed by atoms with E-state index in [1.807, 2.05) is 11.8 Å². The molecule has 1 unspecified atom stereocenters. The van der Waals surface area contributed by atoms with Crippen LogP contribution >= 0.6 is 0 Å². The first kappa shape index (κ1) is 13.8. The maximum atomic E-state index is 14.0. The summed E-state index contributed by atoms with van der Waals surface area (Å²) in [5, 5.41) is 8.83. The minimum atomic E-state index is -1.12. The molecule has 1 N–H and O–H groups in total. The third-order valence-corrected chi connectivity index (χ3v) is 3.37. The Balaban J connectivity index is 2.15. The molecule has 1 heterocycles. The van der Waals surface area contributed by atoms with Gasteiger partial charge in [-0.25, -0.2) is 9.18 Å². The van der Waals surface area contributed by atoms with Crippen molar-refractivity contribution in [3.63, 3.8) is 0 Å². The maximum absolute atomic E-state index is 14.0. The van der Waals surface area contributed by atoms with Crippen molar-refractivity contribution in [3.05, 3.63) is 29.6 Å². The van der Waals surface area contributed by atoms with Gasteiger partial charge in [0, 0.05) is 19.7 Å². The third kappa shape index (κ3) is 3.23. The Morgan fingerprint density at radius 3 is 2.89 bits per heavy atom. The largest absolute Gasteiger partial charge is 0.478 e. The van der Waals surface area contributed by atoms with Crippen molar-refractivity contribution >= 4 is 11.7 Å². The van der Waals surface area contributed by atoms with Gasteiger partial charge in [0.15, 0.2) is 0 Å². The molecule has 0 saturated carbocycles. The first-order chi connectivity index (χ1) is 9.11. The molecule has 1 aliphatic heterocycles. The van der Waals surface area contributed by atoms with Gasteiger partial charge in [0.05, 0.1) is 17.4 Å². The highest BCUT2D eigenvalue weighted by molar-refractivity contribution is 5.88. The van der Waals surface area contributed by atoms with Crippen LogP contribution in [0, 0.1) is 5.82 Å². The minimum Gasteiger partial charge on any atom is -0.478 e. The molecule has 0 bridgehead atoms. The van der Waals surface area contributed by atoms with Gasteiger partial charge >= 0.3 is 5.97 Å². The van der Waals surface area contributed by atoms with E-state index >= 15 is 0 Å². The predicted octanol–water partition coefficient (Wildman–Crippen LogP) is 2.53. The third-order valence-electron chi connectivity index (χ3n) is 3.37. The summed E-state index contributed by atoms with van der Waals surface area (Å²) in [6.07, 6.45) is 2.17. The first-order valence-corrected chi connectivity index (χ1v) is 6.51. The van der Waals surface area contributed by atoms with Crippen molar-refractivity contribution in [1.82, 2.24) is 0 Å². The molecular formula is C14H18FNO3. The molecule has 1 saturated heterocycles. The van der Waals surface area contributed by atoms with Gasteiger partial charge < -0.3 is 14.7 Å². The molecule has 5 heteroatoms. The van der Waals surface area contributed by atoms with E-state index in [2.05, 4.69) is 0 Å². The molecule has 1 fully saturated rings. The number of nitrogens with zero attached hydrogens (tertiary/aromatic N) is 1. The first-order valence-electron chi connectivity index (χ1n) is 6.51. The number of rotatable bonds is 5. The summed E-state index contributed by atoms with van der Waals surface area (Å²) in [4.78, 5) is 12.7. The number of benzene rings is 1. The smallest absolute Gasteiger partial charge is 0.335 e. The van der Waals surface area contributed by atoms with Crippen molar-refractivity contribution in [2.75, 3.05) is 24.6 Å². The summed E-state index contributed by atoms with van der Waals surface area (Å²) in [5.41, 5.74) is 0.400. The Morgan fingerprint density at radius 1 is 1.58 bits per heavy atom. The zero-order chi connectivity index (χ0) is 13.8. The van der Waals surface area contributed by atoms with Crippen LogP contribution in [-0.2, 0) is 4.74 Å². The maximum Gasteiger partial charge on any atom is 0.335 e. The van der Waals surface area contributed by atoms with Gasteiger partial charge in [-0.15, -0.1) is 0 Å². The average Bonchev–Trinajstić information content (AvgIpc) is 2.89. The lowest BCUT2D eigenvalue weighted by Gasteiger charge is -2.26. The molecule has 0 radical (unpaired) electrons. The molecule has 2 rings (SSSR count). The molecule has 1 aromatic carbocycles. The number of hydrogen-bond acceptors (Lipinski definition) is 3. The van der Waals surface area contributed by atoms with E-state index in [1.54, 1.807) is 0 Å². The summed E-state index contributed by atoms with van der Waals surface area (Å²) in [5.74, 6) is -1.62. The van der Waals surface area contributed by atoms with Crippen LogP contribution in [0.2, 0.25) is 0 Å². The molecule has 1 aromatic rings. The quantitative estimate of drug-likeness (QED) is 0.890. The number of carbonyl (C=O) groups is 1. The average molecular weight is 267 g/mol. The van der Waals surface area contributed by atoms with Gasteiger partial charge in [0.25, 0.3) is 0 Å². The molecular weight excluding hydrogens is 249 g/mol. The highest BCUT2D eigenvalue weighted by Gasteiger charge is 2.20. The van der Waals surface area contributed by atoms with Crippen molar-refractivity contribution in [2.24, 2.45) is 0 Å². The van der Waals surface area contributed by atoms with Crippen LogP contribution in [-0.4, -0.2) is 36.9 Å². The van der Waals surface area contributed by atoms with E-state index in [1.165, 1.54) is 12.1 Å². The lowest BCUT2D eigenvalue weighted by molar-refractivity contribution is 0.0696. The van der Waals surface area contributed by atoms with Crippen LogP contribution in [0.25, 0.3) is 0 Å². The highest BCUT2D eigenvalue weighted by Crippen LogP contribution is 2.23. The Labute approximate surface area is 111 Å². The molecule has 4 nitrogen and oxygen atoms in total. The van der Waals surface area contributed by atoms with E-state index in [-0.39, 0.29) is 11.7 Å². The topological polar surface area (TPSA) is 49.8 Å². The highest BCUT2D eigenvalue weighted by atomic mass is 19.1. The van der Waals surface area contributed by atoms with Crippen LogP contribution in [0.4, 0.5) is 10.1 Å². The summed E-state index contributed by atoms with van der Waals surface area (Å²) in [7, 11) is 0. The summed E-state index contributed by atoms with van der Waals surface area (Å²) in [6, 6.07) is 4.02. The second kappa shape index (κ2) is 6.02. The number of aromatic carboxylic acids is 1. The molecule has 19 heavy (non-hydrogen) atoms. The fourth-order valence-corrected chi connectivity index (χ4v) is 2.33. The summed E-state index contributed by atoms with van der Waals surface area (Å²) >= 11 is 0. The standard InChI is InChI=1S/C14H18FNO3/c1-2-16(9-11-4-3-7-19-11)13-6-5-10(14(17)18)8-12(13)15/h5-6,8,11H,2-4,7,9H2,1H3,(H,17,18). The van der Waals surface area contributed by atoms with Crippen molar-refractivity contribution in [2.45, 2.75) is 25.9 Å². The van der Waals surface area contributed by atoms with Gasteiger partial charge in [-0.1, -0.05) is 0 Å². The Kier molecular flexibility index (Phi) is 4.37. The van der Waals surface area contributed by atoms with Gasteiger partial charge in [-0.2, -0.15) is 0 Å². The van der Waals surface area contributed by atoms with Crippen LogP contribution in [0.1, 0.15) is 30.1 Å². The molecule has 1 atom stereocenters. The van der Waals surface area contributed by atoms with E-state index in [4.69, 9.17) is 9.84 Å². The van der Waals surface area contributed by atoms with Gasteiger partial charge in [0.1, 0.15) is 5.82 Å². The monoisotopic (exact) mass is 267 g/mol. The van der Waals surface area contributed by atoms with E-state index in [0.29, 0.717) is 18.8 Å². The second-order valence-electron chi connectivity index (χ2n) is 4.65. The molecule has 0 amide bonds. The van der Waals surface area contributed by atoms with E-state index in [0.717, 1.165) is 25.5 Å². The number of carboxylic acids is 1. The number of anilines is 1. The summed E-state index contributed by atoms with van der Waals surface area (Å²) < 4.78 is 19.5. The second-order valence-corrected chi connectivity index (χ2v) is 4.65. The number of carboxylic acid groups (broad SMARTS) is 1. The predicted molar refractivity (Wildman–Crippen MR) is 70.2 cm³/mol. The zero-order valence-electron chi connectivity index (χ0n) is 10.9. The van der Waals surface area contributed by atoms with E-state index < -0.39 is 11.8 Å². The lowest BCUT2D eigenvalue weighted by Crippen LogP contribution is -2.32. The molecule has 104 valence electrons. The van der Waals surface area contributed by atoms with Crippen molar-refractivity contribution in [1.29, 1.82) is 0 Å². The number of hydrogen-bond donors (Lipinski definition) is 1. The fourth-order valence-electron chi connectivity index (χ4n) is 2.33. The number of likely N-dealkylation sites (N-methyl/N-ethyl adjacent to an activating group) is 1. The molecule has 0 spiro atoms. The van der Waals surface area contributed by atoms with Crippen molar-refractivity contribution < 1.29 is 19.0 Å². The minimum absolute atomic E-state index is 0.0329. The fraction of sp³-hybridized carbons (Fsp3) is 0.500. The Morgan fingerprint density at radius 2 is 2.37 bits per heavy atom. The van der Waals surface area contributed by atoms with Gasteiger partial charge in [-0.05, 0) is 38.0 Å². The number of ether oxygens (including phenoxy) is 1. The Bertz CT molecular complexity index is 458. The Hall–Kier alpha value is -1.62. The van der Waals surface area contributed by atoms with Crippen LogP contribution < -0.4 is 4.90 Å². The number of halogens is 1. The molecule has 0 aromatic heterocycles. The normalized spacial score (nSPS) is 18.5. The zero-order valence-corrected chi connectivity index (χ0v) is 10.9. The van der Waals surface area contributed by atoms with Crippen LogP contribution in [0.3, 0.4) is 0 Å². The van der Waals surface area contributed by atoms with Gasteiger partial charge in [-0.3, -0.25) is 0 Å². The molecule has 1 aliphatic rings. The van der Waals surface area contributed by atoms with Crippen LogP contribution in [0.15, 0.2) is 18.2 Å². The lowest BCUT2D eigenvalue weighted by atomic mass is 10.1. The van der Waals surface area contributed by atoms with Gasteiger partial charge in [0.2, 0.25) is 0 Å². The summed E-state index contributed by atoms with van der Waals surface area (Å²) in [6.45, 7) is 4.01. The van der Waals surface area contributed by atoms with E-state index in [9.17, 15) is 9.18 Å².